The first-order valence-electron chi connectivity index (χ1n) is 15.2. The number of methoxy groups -OCH3 is 2. The minimum absolute atomic E-state index is 0.0455. The van der Waals surface area contributed by atoms with E-state index in [1.54, 1.807) is 17.9 Å². The SMILES string of the molecule is CC.CCOC(=O)OC.COC(=O)OCOc1c2n(ccc1=O)NC1COCCN1C2=O.Cc1ccccc1SCc1cccc(F)c1F. The van der Waals surface area contributed by atoms with Gasteiger partial charge in [0.25, 0.3) is 5.91 Å². The van der Waals surface area contributed by atoms with Crippen LogP contribution < -0.4 is 15.6 Å². The number of pyridine rings is 1. The lowest BCUT2D eigenvalue weighted by atomic mass is 10.2. The summed E-state index contributed by atoms with van der Waals surface area (Å²) in [5.41, 5.74) is 4.15. The molecule has 0 radical (unpaired) electrons. The molecule has 1 saturated heterocycles. The highest BCUT2D eigenvalue weighted by molar-refractivity contribution is 7.98. The molecule has 16 heteroatoms. The van der Waals surface area contributed by atoms with Crippen LogP contribution in [0.5, 0.6) is 5.75 Å². The molecule has 2 aromatic carbocycles. The third-order valence-corrected chi connectivity index (χ3v) is 7.64. The quantitative estimate of drug-likeness (QED) is 0.183. The molecular formula is C33H41F2N3O10S. The molecule has 13 nitrogen and oxygen atoms in total. The Bertz CT molecular complexity index is 1590. The van der Waals surface area contributed by atoms with Gasteiger partial charge in [-0.3, -0.25) is 14.3 Å². The van der Waals surface area contributed by atoms with Crippen LogP contribution in [0.25, 0.3) is 0 Å². The van der Waals surface area contributed by atoms with Crippen LogP contribution in [0.4, 0.5) is 18.4 Å². The Morgan fingerprint density at radius 2 is 1.69 bits per heavy atom. The van der Waals surface area contributed by atoms with Crippen molar-refractivity contribution in [1.82, 2.24) is 9.58 Å². The van der Waals surface area contributed by atoms with E-state index in [9.17, 15) is 28.0 Å². The Labute approximate surface area is 287 Å². The summed E-state index contributed by atoms with van der Waals surface area (Å²) in [6.07, 6.45) is -0.448. The van der Waals surface area contributed by atoms with Gasteiger partial charge in [-0.1, -0.05) is 44.2 Å². The molecule has 1 fully saturated rings. The van der Waals surface area contributed by atoms with Gasteiger partial charge in [0.1, 0.15) is 6.17 Å². The maximum atomic E-state index is 13.4. The van der Waals surface area contributed by atoms with Gasteiger partial charge in [-0.15, -0.1) is 11.8 Å². The zero-order chi connectivity index (χ0) is 36.3. The summed E-state index contributed by atoms with van der Waals surface area (Å²) in [5.74, 6) is -1.64. The van der Waals surface area contributed by atoms with Crippen LogP contribution in [-0.4, -0.2) is 81.3 Å². The molecule has 3 heterocycles. The van der Waals surface area contributed by atoms with Crippen LogP contribution in [0.3, 0.4) is 0 Å². The van der Waals surface area contributed by atoms with Crippen LogP contribution in [0.15, 0.2) is 64.4 Å². The van der Waals surface area contributed by atoms with Gasteiger partial charge in [0.05, 0.1) is 34.0 Å². The number of aromatic nitrogens is 1. The van der Waals surface area contributed by atoms with Gasteiger partial charge < -0.3 is 38.7 Å². The van der Waals surface area contributed by atoms with Gasteiger partial charge in [-0.25, -0.2) is 18.4 Å². The van der Waals surface area contributed by atoms with Gasteiger partial charge >= 0.3 is 12.3 Å². The molecule has 5 rings (SSSR count). The van der Waals surface area contributed by atoms with E-state index in [2.05, 4.69) is 24.4 Å². The number of hydrogen-bond acceptors (Lipinski definition) is 12. The minimum atomic E-state index is -0.951. The lowest BCUT2D eigenvalue weighted by Gasteiger charge is -2.41. The summed E-state index contributed by atoms with van der Waals surface area (Å²) in [7, 11) is 2.42. The number of hydrogen-bond donors (Lipinski definition) is 1. The molecule has 0 saturated carbocycles. The lowest BCUT2D eigenvalue weighted by molar-refractivity contribution is -0.00495. The van der Waals surface area contributed by atoms with Gasteiger partial charge in [0.15, 0.2) is 17.3 Å². The Morgan fingerprint density at radius 3 is 2.35 bits per heavy atom. The maximum Gasteiger partial charge on any atom is 0.510 e. The van der Waals surface area contributed by atoms with Crippen LogP contribution in [0.1, 0.15) is 42.4 Å². The smallest absolute Gasteiger partial charge is 0.451 e. The van der Waals surface area contributed by atoms with E-state index in [4.69, 9.17) is 9.47 Å². The molecular weight excluding hydrogens is 668 g/mol. The standard InChI is InChI=1S/C14H12F2S.C13H15N3O7.C4H8O3.C2H6/c1-10-5-2-3-8-13(10)17-9-11-6-4-7-12(15)14(11)16;1-20-13(19)23-7-22-11-8(17)2-3-16-10(11)12(18)15-4-5-21-6-9(15)14-16;1-3-7-4(5)6-2;1-2/h2-8H,9H2,1H3;2-3,9,14H,4-7H2,1H3;3H2,1-2H3;1-2H3. The Balaban J connectivity index is 0.000000281. The fourth-order valence-corrected chi connectivity index (χ4v) is 5.13. The number of nitrogens with one attached hydrogen (secondary N) is 1. The van der Waals surface area contributed by atoms with Gasteiger partial charge in [0.2, 0.25) is 18.0 Å². The first-order valence-corrected chi connectivity index (χ1v) is 16.2. The average molecular weight is 710 g/mol. The molecule has 49 heavy (non-hydrogen) atoms. The number of aryl methyl sites for hydroxylation is 1. The normalized spacial score (nSPS) is 13.9. The topological polar surface area (TPSA) is 144 Å². The van der Waals surface area contributed by atoms with E-state index >= 15 is 0 Å². The highest BCUT2D eigenvalue weighted by Crippen LogP contribution is 2.27. The van der Waals surface area contributed by atoms with Crippen molar-refractivity contribution in [3.05, 3.63) is 93.4 Å². The van der Waals surface area contributed by atoms with Crippen molar-refractivity contribution in [2.24, 2.45) is 0 Å². The molecule has 1 aromatic heterocycles. The number of benzene rings is 2. The summed E-state index contributed by atoms with van der Waals surface area (Å²) in [6, 6.07) is 13.4. The average Bonchev–Trinajstić information content (AvgIpc) is 3.12. The number of halogens is 2. The molecule has 0 aliphatic carbocycles. The van der Waals surface area contributed by atoms with Crippen LogP contribution >= 0.6 is 11.8 Å². The fourth-order valence-electron chi connectivity index (χ4n) is 4.12. The fraction of sp³-hybridized carbons (Fsp3) is 0.394. The summed E-state index contributed by atoms with van der Waals surface area (Å²) < 4.78 is 55.7. The lowest BCUT2D eigenvalue weighted by Crippen LogP contribution is -2.59. The number of fused-ring (bicyclic) bond motifs is 2. The molecule has 1 N–H and O–H groups in total. The predicted octanol–water partition coefficient (Wildman–Crippen LogP) is 5.70. The van der Waals surface area contributed by atoms with Crippen LogP contribution in [-0.2, 0) is 29.4 Å². The third kappa shape index (κ3) is 12.0. The number of rotatable bonds is 7. The van der Waals surface area contributed by atoms with E-state index in [0.717, 1.165) is 23.6 Å². The van der Waals surface area contributed by atoms with E-state index in [1.807, 2.05) is 45.0 Å². The van der Waals surface area contributed by atoms with Crippen molar-refractivity contribution in [2.75, 3.05) is 52.8 Å². The van der Waals surface area contributed by atoms with Crippen molar-refractivity contribution in [1.29, 1.82) is 0 Å². The summed E-state index contributed by atoms with van der Waals surface area (Å²) in [4.78, 5) is 48.2. The van der Waals surface area contributed by atoms with Gasteiger partial charge in [0, 0.05) is 35.0 Å². The van der Waals surface area contributed by atoms with Gasteiger partial charge in [-0.2, -0.15) is 0 Å². The Kier molecular flexibility index (Phi) is 17.5. The van der Waals surface area contributed by atoms with E-state index in [-0.39, 0.29) is 23.5 Å². The number of morpholine rings is 1. The molecule has 0 spiro atoms. The number of ether oxygens (including phenoxy) is 6. The maximum absolute atomic E-state index is 13.4. The number of nitrogens with zero attached hydrogens (tertiary/aromatic N) is 2. The molecule has 268 valence electrons. The first kappa shape index (κ1) is 40.3. The highest BCUT2D eigenvalue weighted by atomic mass is 32.2. The predicted molar refractivity (Wildman–Crippen MR) is 177 cm³/mol. The van der Waals surface area contributed by atoms with Crippen molar-refractivity contribution in [2.45, 2.75) is 44.5 Å². The third-order valence-electron chi connectivity index (χ3n) is 6.42. The summed E-state index contributed by atoms with van der Waals surface area (Å²) in [6.45, 7) is 8.71. The summed E-state index contributed by atoms with van der Waals surface area (Å²) >= 11 is 1.52. The van der Waals surface area contributed by atoms with E-state index in [1.165, 1.54) is 41.9 Å². The largest absolute Gasteiger partial charge is 0.510 e. The number of carbonyl (C=O) groups is 3. The molecule has 2 aliphatic heterocycles. The Morgan fingerprint density at radius 1 is 1.00 bits per heavy atom. The second-order valence-corrected chi connectivity index (χ2v) is 10.5. The molecule has 1 atom stereocenters. The molecule has 2 aliphatic rings. The second kappa shape index (κ2) is 21.2. The number of carbonyl (C=O) groups excluding carboxylic acids is 3. The van der Waals surface area contributed by atoms with Crippen molar-refractivity contribution < 1.29 is 51.6 Å². The molecule has 1 amide bonds. The molecule has 3 aromatic rings. The zero-order valence-corrected chi connectivity index (χ0v) is 29.0. The van der Waals surface area contributed by atoms with E-state index in [0.29, 0.717) is 37.7 Å². The number of amides is 1. The van der Waals surface area contributed by atoms with Crippen LogP contribution in [0, 0.1) is 18.6 Å². The monoisotopic (exact) mass is 709 g/mol. The minimum Gasteiger partial charge on any atom is -0.451 e. The van der Waals surface area contributed by atoms with Gasteiger partial charge in [-0.05, 0) is 31.5 Å². The molecule has 1 unspecified atom stereocenters. The zero-order valence-electron chi connectivity index (χ0n) is 28.2. The highest BCUT2D eigenvalue weighted by Gasteiger charge is 2.37. The second-order valence-electron chi connectivity index (χ2n) is 9.46. The first-order chi connectivity index (χ1) is 23.6. The van der Waals surface area contributed by atoms with Crippen molar-refractivity contribution in [3.63, 3.8) is 0 Å². The van der Waals surface area contributed by atoms with E-state index < -0.39 is 36.2 Å². The number of thioether (sulfide) groups is 1. The Hall–Kier alpha value is -4.83. The summed E-state index contributed by atoms with van der Waals surface area (Å²) in [5, 5.41) is 0. The molecule has 0 bridgehead atoms. The van der Waals surface area contributed by atoms with Crippen LogP contribution in [0.2, 0.25) is 0 Å². The van der Waals surface area contributed by atoms with Crippen molar-refractivity contribution >= 4 is 30.0 Å². The van der Waals surface area contributed by atoms with Crippen molar-refractivity contribution in [3.8, 4) is 5.75 Å².